The van der Waals surface area contributed by atoms with E-state index in [-0.39, 0.29) is 0 Å². The van der Waals surface area contributed by atoms with E-state index in [2.05, 4.69) is 24.8 Å². The summed E-state index contributed by atoms with van der Waals surface area (Å²) in [6.07, 6.45) is 18.5. The van der Waals surface area contributed by atoms with Gasteiger partial charge in [0.05, 0.1) is 6.26 Å². The molecule has 0 fully saturated rings. The van der Waals surface area contributed by atoms with Crippen LogP contribution in [0.15, 0.2) is 11.8 Å². The monoisotopic (exact) mass is 347 g/mol. The second-order valence-corrected chi connectivity index (χ2v) is 7.85. The summed E-state index contributed by atoms with van der Waals surface area (Å²) in [5.74, 6) is 0. The van der Waals surface area contributed by atoms with E-state index in [0.717, 1.165) is 0 Å². The molecule has 0 aliphatic carbocycles. The zero-order valence-corrected chi connectivity index (χ0v) is 16.2. The maximum Gasteiger partial charge on any atom is 0.261 e. The minimum absolute atomic E-state index is 0.715. The van der Waals surface area contributed by atoms with E-state index in [1.165, 1.54) is 83.7 Å². The lowest BCUT2D eigenvalue weighted by Gasteiger charge is -2.21. The molecule has 1 heterocycles. The first-order valence-electron chi connectivity index (χ1n) is 9.24. The highest BCUT2D eigenvalue weighted by molar-refractivity contribution is 7.85. The highest BCUT2D eigenvalue weighted by Gasteiger charge is 2.11. The molecule has 0 aromatic heterocycles. The summed E-state index contributed by atoms with van der Waals surface area (Å²) in [4.78, 5) is 2.60. The van der Waals surface area contributed by atoms with Gasteiger partial charge in [-0.1, -0.05) is 71.3 Å². The molecule has 0 unspecified atom stereocenters. The minimum atomic E-state index is -3.67. The lowest BCUT2D eigenvalue weighted by molar-refractivity contribution is 0.353. The topological polar surface area (TPSA) is 57.6 Å². The first kappa shape index (κ1) is 22.4. The predicted molar refractivity (Wildman–Crippen MR) is 99.3 cm³/mol. The van der Waals surface area contributed by atoms with Crippen LogP contribution < -0.4 is 0 Å². The Bertz CT molecular complexity index is 396. The van der Waals surface area contributed by atoms with Gasteiger partial charge in [0, 0.05) is 18.8 Å². The second-order valence-electron chi connectivity index (χ2n) is 6.39. The van der Waals surface area contributed by atoms with Crippen molar-refractivity contribution in [1.29, 1.82) is 0 Å². The molecule has 1 rings (SSSR count). The third-order valence-corrected chi connectivity index (χ3v) is 4.08. The van der Waals surface area contributed by atoms with Crippen LogP contribution in [0.2, 0.25) is 0 Å². The van der Waals surface area contributed by atoms with Gasteiger partial charge >= 0.3 is 0 Å². The van der Waals surface area contributed by atoms with Gasteiger partial charge in [-0.3, -0.25) is 4.55 Å². The van der Waals surface area contributed by atoms with Gasteiger partial charge in [0.1, 0.15) is 0 Å². The summed E-state index contributed by atoms with van der Waals surface area (Å²) in [6.45, 7) is 7.15. The molecule has 1 N–H and O–H groups in total. The fourth-order valence-corrected chi connectivity index (χ4v) is 2.90. The van der Waals surface area contributed by atoms with E-state index in [0.29, 0.717) is 6.26 Å². The maximum atomic E-state index is 9.19. The van der Waals surface area contributed by atoms with Crippen LogP contribution in [0.25, 0.3) is 0 Å². The highest BCUT2D eigenvalue weighted by Crippen LogP contribution is 2.18. The number of allylic oxidation sites excluding steroid dienone is 1. The Kier molecular flexibility index (Phi) is 13.5. The van der Waals surface area contributed by atoms with E-state index in [1.54, 1.807) is 5.70 Å². The van der Waals surface area contributed by atoms with Gasteiger partial charge in [-0.2, -0.15) is 8.42 Å². The molecule has 0 aromatic rings. The molecule has 0 saturated carbocycles. The first-order chi connectivity index (χ1) is 10.9. The van der Waals surface area contributed by atoms with Crippen molar-refractivity contribution < 1.29 is 13.0 Å². The molecule has 0 amide bonds. The summed E-state index contributed by atoms with van der Waals surface area (Å²) in [5.41, 5.74) is 1.59. The molecule has 1 aliphatic rings. The summed E-state index contributed by atoms with van der Waals surface area (Å²) in [7, 11) is -3.67. The fraction of sp³-hybridized carbons (Fsp3) is 0.889. The van der Waals surface area contributed by atoms with Crippen LogP contribution >= 0.6 is 0 Å². The molecule has 138 valence electrons. The Hall–Kier alpha value is -0.550. The lowest BCUT2D eigenvalue weighted by Crippen LogP contribution is -2.20. The van der Waals surface area contributed by atoms with Gasteiger partial charge in [0.2, 0.25) is 0 Å². The maximum absolute atomic E-state index is 9.19. The van der Waals surface area contributed by atoms with Crippen LogP contribution in [-0.2, 0) is 10.1 Å². The molecule has 1 aliphatic heterocycles. The standard InChI is InChI=1S/C17H33N.CH4O3S/c1-3-5-6-7-8-9-10-11-12-15-18-16-13-14-17(18)4-2;1-5(2,3)4/h14H,3-13,15-16H2,1-2H3;1H3,(H,2,3,4). The van der Waals surface area contributed by atoms with Crippen molar-refractivity contribution in [3.8, 4) is 0 Å². The second kappa shape index (κ2) is 13.8. The van der Waals surface area contributed by atoms with E-state index in [9.17, 15) is 8.42 Å². The largest absolute Gasteiger partial charge is 0.375 e. The summed E-state index contributed by atoms with van der Waals surface area (Å²) in [5, 5.41) is 0. The Morgan fingerprint density at radius 2 is 1.48 bits per heavy atom. The Balaban J connectivity index is 0.000000841. The Morgan fingerprint density at radius 3 is 1.96 bits per heavy atom. The smallest absolute Gasteiger partial charge is 0.261 e. The summed E-state index contributed by atoms with van der Waals surface area (Å²) >= 11 is 0. The molecule has 0 atom stereocenters. The SMILES string of the molecule is CCCCCCCCCCCN1CCC=C1CC.CS(=O)(=O)O. The molecular weight excluding hydrogens is 310 g/mol. The average Bonchev–Trinajstić information content (AvgIpc) is 2.91. The molecular formula is C18H37NO3S. The number of nitrogens with zero attached hydrogens (tertiary/aromatic N) is 1. The van der Waals surface area contributed by atoms with Crippen molar-refractivity contribution >= 4 is 10.1 Å². The van der Waals surface area contributed by atoms with Crippen molar-refractivity contribution in [2.45, 2.75) is 84.5 Å². The van der Waals surface area contributed by atoms with Gasteiger partial charge in [0.25, 0.3) is 10.1 Å². The molecule has 0 saturated heterocycles. The zero-order chi connectivity index (χ0) is 17.6. The van der Waals surface area contributed by atoms with Crippen molar-refractivity contribution in [3.63, 3.8) is 0 Å². The summed E-state index contributed by atoms with van der Waals surface area (Å²) < 4.78 is 25.9. The number of unbranched alkanes of at least 4 members (excludes halogenated alkanes) is 8. The van der Waals surface area contributed by atoms with Crippen LogP contribution in [0.3, 0.4) is 0 Å². The van der Waals surface area contributed by atoms with Crippen molar-refractivity contribution in [1.82, 2.24) is 4.90 Å². The molecule has 0 spiro atoms. The molecule has 23 heavy (non-hydrogen) atoms. The van der Waals surface area contributed by atoms with Gasteiger partial charge in [-0.15, -0.1) is 0 Å². The van der Waals surface area contributed by atoms with Crippen LogP contribution in [-0.4, -0.2) is 37.2 Å². The predicted octanol–water partition coefficient (Wildman–Crippen LogP) is 5.02. The number of rotatable bonds is 11. The average molecular weight is 348 g/mol. The van der Waals surface area contributed by atoms with Crippen LogP contribution in [0.4, 0.5) is 0 Å². The number of hydrogen-bond acceptors (Lipinski definition) is 3. The van der Waals surface area contributed by atoms with Gasteiger partial charge in [-0.25, -0.2) is 0 Å². The van der Waals surface area contributed by atoms with E-state index in [1.807, 2.05) is 0 Å². The third-order valence-electron chi connectivity index (χ3n) is 4.08. The summed E-state index contributed by atoms with van der Waals surface area (Å²) in [6, 6.07) is 0. The molecule has 5 heteroatoms. The van der Waals surface area contributed by atoms with Crippen LogP contribution in [0.5, 0.6) is 0 Å². The highest BCUT2D eigenvalue weighted by atomic mass is 32.2. The third kappa shape index (κ3) is 16.1. The van der Waals surface area contributed by atoms with Crippen LogP contribution in [0, 0.1) is 0 Å². The van der Waals surface area contributed by atoms with Gasteiger partial charge < -0.3 is 4.90 Å². The Morgan fingerprint density at radius 1 is 1.00 bits per heavy atom. The zero-order valence-electron chi connectivity index (χ0n) is 15.4. The molecule has 0 radical (unpaired) electrons. The van der Waals surface area contributed by atoms with E-state index >= 15 is 0 Å². The van der Waals surface area contributed by atoms with E-state index in [4.69, 9.17) is 4.55 Å². The Labute approximate surface area is 144 Å². The molecule has 4 nitrogen and oxygen atoms in total. The molecule has 0 bridgehead atoms. The van der Waals surface area contributed by atoms with Gasteiger partial charge in [-0.05, 0) is 19.3 Å². The van der Waals surface area contributed by atoms with Crippen molar-refractivity contribution in [3.05, 3.63) is 11.8 Å². The van der Waals surface area contributed by atoms with Gasteiger partial charge in [0.15, 0.2) is 0 Å². The first-order valence-corrected chi connectivity index (χ1v) is 11.1. The fourth-order valence-electron chi connectivity index (χ4n) is 2.90. The van der Waals surface area contributed by atoms with Crippen molar-refractivity contribution in [2.24, 2.45) is 0 Å². The van der Waals surface area contributed by atoms with E-state index < -0.39 is 10.1 Å². The van der Waals surface area contributed by atoms with Crippen molar-refractivity contribution in [2.75, 3.05) is 19.3 Å². The quantitative estimate of drug-likeness (QED) is 0.421. The minimum Gasteiger partial charge on any atom is -0.375 e. The van der Waals surface area contributed by atoms with Crippen LogP contribution in [0.1, 0.15) is 84.5 Å². The normalized spacial score (nSPS) is 14.4. The molecule has 0 aromatic carbocycles. The lowest BCUT2D eigenvalue weighted by atomic mass is 10.1. The number of hydrogen-bond donors (Lipinski definition) is 1.